The minimum Gasteiger partial charge on any atom is -0.392 e. The number of rotatable bonds is 3. The maximum Gasteiger partial charge on any atom is 0.225 e. The first kappa shape index (κ1) is 9.41. The summed E-state index contributed by atoms with van der Waals surface area (Å²) in [5, 5.41) is 2.61. The topological polar surface area (TPSA) is 58.4 Å². The number of nitrogens with two attached hydrogens (primary N) is 1. The van der Waals surface area contributed by atoms with Crippen molar-refractivity contribution in [2.75, 3.05) is 26.7 Å². The van der Waals surface area contributed by atoms with Crippen LogP contribution in [0.5, 0.6) is 0 Å². The van der Waals surface area contributed by atoms with Gasteiger partial charge in [-0.25, -0.2) is 0 Å². The maximum atomic E-state index is 11.0. The largest absolute Gasteiger partial charge is 0.392 e. The van der Waals surface area contributed by atoms with E-state index in [1.165, 1.54) is 0 Å². The molecule has 1 aliphatic rings. The second-order valence-corrected chi connectivity index (χ2v) is 3.50. The lowest BCUT2D eigenvalue weighted by atomic mass is 9.99. The van der Waals surface area contributed by atoms with Crippen LogP contribution in [-0.4, -0.2) is 42.5 Å². The molecule has 1 heterocycles. The van der Waals surface area contributed by atoms with Crippen LogP contribution in [0.1, 0.15) is 0 Å². The predicted octanol–water partition coefficient (Wildman–Crippen LogP) is -1.05. The van der Waals surface area contributed by atoms with Gasteiger partial charge in [-0.05, 0) is 0 Å². The summed E-state index contributed by atoms with van der Waals surface area (Å²) >= 11 is 4.74. The van der Waals surface area contributed by atoms with E-state index in [1.54, 1.807) is 7.05 Å². The van der Waals surface area contributed by atoms with Gasteiger partial charge in [-0.1, -0.05) is 12.2 Å². The van der Waals surface area contributed by atoms with Crippen molar-refractivity contribution in [3.63, 3.8) is 0 Å². The summed E-state index contributed by atoms with van der Waals surface area (Å²) in [6.07, 6.45) is 0. The minimum atomic E-state index is 0.106. The zero-order valence-electron chi connectivity index (χ0n) is 7.04. The second kappa shape index (κ2) is 3.82. The van der Waals surface area contributed by atoms with E-state index in [2.05, 4.69) is 10.2 Å². The van der Waals surface area contributed by atoms with Crippen molar-refractivity contribution in [2.24, 2.45) is 11.7 Å². The van der Waals surface area contributed by atoms with Crippen LogP contribution >= 0.6 is 12.2 Å². The van der Waals surface area contributed by atoms with Crippen LogP contribution in [0.4, 0.5) is 0 Å². The van der Waals surface area contributed by atoms with Crippen molar-refractivity contribution in [3.05, 3.63) is 0 Å². The molecule has 0 aliphatic carbocycles. The monoisotopic (exact) mass is 187 g/mol. The molecule has 0 atom stereocenters. The lowest BCUT2D eigenvalue weighted by Gasteiger charge is -2.37. The summed E-state index contributed by atoms with van der Waals surface area (Å²) in [6.45, 7) is 2.18. The number of nitrogens with zero attached hydrogens (tertiary/aromatic N) is 1. The van der Waals surface area contributed by atoms with E-state index in [9.17, 15) is 4.79 Å². The highest BCUT2D eigenvalue weighted by atomic mass is 32.1. The van der Waals surface area contributed by atoms with Gasteiger partial charge < -0.3 is 11.1 Å². The Morgan fingerprint density at radius 1 is 1.75 bits per heavy atom. The fourth-order valence-corrected chi connectivity index (χ4v) is 1.47. The first-order chi connectivity index (χ1) is 5.63. The van der Waals surface area contributed by atoms with Crippen LogP contribution in [0.2, 0.25) is 0 Å². The molecule has 1 aliphatic heterocycles. The number of amides is 1. The lowest BCUT2D eigenvalue weighted by molar-refractivity contribution is -0.129. The smallest absolute Gasteiger partial charge is 0.225 e. The van der Waals surface area contributed by atoms with Gasteiger partial charge in [-0.2, -0.15) is 0 Å². The van der Waals surface area contributed by atoms with Crippen LogP contribution in [0.25, 0.3) is 0 Å². The SMILES string of the molecule is CNC(=O)C1CN(CC(N)=S)C1. The normalized spacial score (nSPS) is 18.4. The Labute approximate surface area is 77.1 Å². The summed E-state index contributed by atoms with van der Waals surface area (Å²) < 4.78 is 0. The Hall–Kier alpha value is -0.680. The maximum absolute atomic E-state index is 11.0. The fourth-order valence-electron chi connectivity index (χ4n) is 1.29. The molecule has 68 valence electrons. The molecule has 0 aromatic heterocycles. The number of hydrogen-bond donors (Lipinski definition) is 2. The molecule has 12 heavy (non-hydrogen) atoms. The molecular weight excluding hydrogens is 174 g/mol. The number of hydrogen-bond acceptors (Lipinski definition) is 3. The van der Waals surface area contributed by atoms with E-state index in [-0.39, 0.29) is 11.8 Å². The number of likely N-dealkylation sites (tertiary alicyclic amines) is 1. The molecule has 0 radical (unpaired) electrons. The summed E-state index contributed by atoms with van der Waals surface area (Å²) in [5.41, 5.74) is 5.35. The molecular formula is C7H13N3OS. The van der Waals surface area contributed by atoms with E-state index >= 15 is 0 Å². The first-order valence-corrected chi connectivity index (χ1v) is 4.26. The molecule has 1 amide bonds. The number of carbonyl (C=O) groups excluding carboxylic acids is 1. The molecule has 1 saturated heterocycles. The summed E-state index contributed by atoms with van der Waals surface area (Å²) in [5.74, 6) is 0.235. The van der Waals surface area contributed by atoms with Crippen LogP contribution in [0.15, 0.2) is 0 Å². The van der Waals surface area contributed by atoms with Gasteiger partial charge in [0.05, 0.1) is 10.9 Å². The molecule has 5 heteroatoms. The Morgan fingerprint density at radius 3 is 2.75 bits per heavy atom. The standard InChI is InChI=1S/C7H13N3OS/c1-9-7(11)5-2-10(3-5)4-6(8)12/h5H,2-4H2,1H3,(H2,8,12)(H,9,11). The fraction of sp³-hybridized carbons (Fsp3) is 0.714. The number of carbonyl (C=O) groups is 1. The van der Waals surface area contributed by atoms with Crippen molar-refractivity contribution in [1.82, 2.24) is 10.2 Å². The van der Waals surface area contributed by atoms with Gasteiger partial charge in [0.1, 0.15) is 0 Å². The van der Waals surface area contributed by atoms with Crippen molar-refractivity contribution in [3.8, 4) is 0 Å². The molecule has 3 N–H and O–H groups in total. The van der Waals surface area contributed by atoms with E-state index in [1.807, 2.05) is 0 Å². The molecule has 0 spiro atoms. The van der Waals surface area contributed by atoms with Gasteiger partial charge in [0.25, 0.3) is 0 Å². The zero-order chi connectivity index (χ0) is 9.14. The summed E-state index contributed by atoms with van der Waals surface area (Å²) in [4.78, 5) is 13.6. The molecule has 0 aromatic carbocycles. The van der Waals surface area contributed by atoms with Gasteiger partial charge in [-0.15, -0.1) is 0 Å². The lowest BCUT2D eigenvalue weighted by Crippen LogP contribution is -2.54. The number of nitrogens with one attached hydrogen (secondary N) is 1. The Kier molecular flexibility index (Phi) is 2.99. The highest BCUT2D eigenvalue weighted by Gasteiger charge is 2.31. The minimum absolute atomic E-state index is 0.106. The van der Waals surface area contributed by atoms with E-state index in [0.29, 0.717) is 11.5 Å². The average Bonchev–Trinajstić information content (AvgIpc) is 1.94. The van der Waals surface area contributed by atoms with Crippen molar-refractivity contribution < 1.29 is 4.79 Å². The van der Waals surface area contributed by atoms with Gasteiger partial charge in [0.15, 0.2) is 0 Å². The molecule has 1 fully saturated rings. The van der Waals surface area contributed by atoms with Gasteiger partial charge in [-0.3, -0.25) is 9.69 Å². The quantitative estimate of drug-likeness (QED) is 0.554. The third kappa shape index (κ3) is 2.15. The zero-order valence-corrected chi connectivity index (χ0v) is 7.86. The third-order valence-corrected chi connectivity index (χ3v) is 2.08. The van der Waals surface area contributed by atoms with E-state index in [0.717, 1.165) is 13.1 Å². The first-order valence-electron chi connectivity index (χ1n) is 3.85. The van der Waals surface area contributed by atoms with Crippen LogP contribution in [0.3, 0.4) is 0 Å². The van der Waals surface area contributed by atoms with E-state index in [4.69, 9.17) is 18.0 Å². The predicted molar refractivity (Wildman–Crippen MR) is 50.8 cm³/mol. The van der Waals surface area contributed by atoms with Gasteiger partial charge in [0, 0.05) is 26.7 Å². The van der Waals surface area contributed by atoms with Crippen molar-refractivity contribution >= 4 is 23.1 Å². The van der Waals surface area contributed by atoms with E-state index < -0.39 is 0 Å². The Morgan fingerprint density at radius 2 is 2.33 bits per heavy atom. The molecule has 0 unspecified atom stereocenters. The van der Waals surface area contributed by atoms with Crippen LogP contribution < -0.4 is 11.1 Å². The molecule has 0 aromatic rings. The van der Waals surface area contributed by atoms with Crippen molar-refractivity contribution in [1.29, 1.82) is 0 Å². The Balaban J connectivity index is 2.20. The third-order valence-electron chi connectivity index (χ3n) is 1.95. The molecule has 0 bridgehead atoms. The highest BCUT2D eigenvalue weighted by molar-refractivity contribution is 7.80. The van der Waals surface area contributed by atoms with Gasteiger partial charge >= 0.3 is 0 Å². The van der Waals surface area contributed by atoms with Crippen LogP contribution in [0, 0.1) is 5.92 Å². The van der Waals surface area contributed by atoms with Crippen LogP contribution in [-0.2, 0) is 4.79 Å². The Bertz CT molecular complexity index is 201. The molecule has 1 rings (SSSR count). The summed E-state index contributed by atoms with van der Waals surface area (Å²) in [6, 6.07) is 0. The molecule has 4 nitrogen and oxygen atoms in total. The second-order valence-electron chi connectivity index (χ2n) is 2.97. The van der Waals surface area contributed by atoms with Crippen molar-refractivity contribution in [2.45, 2.75) is 0 Å². The average molecular weight is 187 g/mol. The van der Waals surface area contributed by atoms with Gasteiger partial charge in [0.2, 0.25) is 5.91 Å². The molecule has 0 saturated carbocycles. The summed E-state index contributed by atoms with van der Waals surface area (Å²) in [7, 11) is 1.65. The highest BCUT2D eigenvalue weighted by Crippen LogP contribution is 2.14. The number of thiocarbonyl (C=S) groups is 1.